The monoisotopic (exact) mass is 284 g/mol. The van der Waals surface area contributed by atoms with Gasteiger partial charge in [0.15, 0.2) is 5.16 Å². The van der Waals surface area contributed by atoms with E-state index < -0.39 is 0 Å². The fourth-order valence-corrected chi connectivity index (χ4v) is 2.73. The van der Waals surface area contributed by atoms with Crippen molar-refractivity contribution in [3.05, 3.63) is 39.3 Å². The van der Waals surface area contributed by atoms with Crippen LogP contribution in [0.15, 0.2) is 33.0 Å². The van der Waals surface area contributed by atoms with Crippen LogP contribution in [0.1, 0.15) is 12.5 Å². The summed E-state index contributed by atoms with van der Waals surface area (Å²) < 4.78 is 1.55. The molecule has 0 saturated heterocycles. The molecule has 0 amide bonds. The molecule has 0 bridgehead atoms. The lowest BCUT2D eigenvalue weighted by molar-refractivity contribution is 0.660. The highest BCUT2D eigenvalue weighted by Gasteiger charge is 2.10. The van der Waals surface area contributed by atoms with E-state index in [1.54, 1.807) is 4.57 Å². The predicted molar refractivity (Wildman–Crippen MR) is 72.0 cm³/mol. The number of hydrogen-bond donors (Lipinski definition) is 2. The Morgan fingerprint density at radius 2 is 2.33 bits per heavy atom. The SMILES string of the molecule is CCn1c(Sc2ccc(CN)cc2Cl)n[nH]c1=O. The average molecular weight is 285 g/mol. The molecule has 0 aliphatic heterocycles. The Kier molecular flexibility index (Phi) is 4.11. The maximum absolute atomic E-state index is 11.4. The number of rotatable bonds is 4. The maximum atomic E-state index is 11.4. The van der Waals surface area contributed by atoms with Gasteiger partial charge in [-0.25, -0.2) is 9.89 Å². The lowest BCUT2D eigenvalue weighted by Crippen LogP contribution is -2.16. The second-order valence-corrected chi connectivity index (χ2v) is 5.04. The molecule has 0 saturated carbocycles. The van der Waals surface area contributed by atoms with Crippen LogP contribution < -0.4 is 11.4 Å². The minimum atomic E-state index is -0.213. The van der Waals surface area contributed by atoms with Crippen LogP contribution >= 0.6 is 23.4 Å². The summed E-state index contributed by atoms with van der Waals surface area (Å²) in [7, 11) is 0. The molecule has 0 spiro atoms. The number of aromatic nitrogens is 3. The molecule has 0 unspecified atom stereocenters. The van der Waals surface area contributed by atoms with Crippen LogP contribution in [-0.4, -0.2) is 14.8 Å². The van der Waals surface area contributed by atoms with Crippen molar-refractivity contribution in [3.63, 3.8) is 0 Å². The summed E-state index contributed by atoms with van der Waals surface area (Å²) in [5, 5.41) is 7.61. The van der Waals surface area contributed by atoms with Gasteiger partial charge in [0, 0.05) is 18.0 Å². The van der Waals surface area contributed by atoms with Crippen molar-refractivity contribution >= 4 is 23.4 Å². The van der Waals surface area contributed by atoms with E-state index in [9.17, 15) is 4.79 Å². The van der Waals surface area contributed by atoms with Crippen molar-refractivity contribution in [1.29, 1.82) is 0 Å². The van der Waals surface area contributed by atoms with Gasteiger partial charge in [-0.1, -0.05) is 17.7 Å². The number of nitrogens with one attached hydrogen (secondary N) is 1. The minimum absolute atomic E-state index is 0.213. The third kappa shape index (κ3) is 2.60. The molecule has 96 valence electrons. The molecule has 3 N–H and O–H groups in total. The summed E-state index contributed by atoms with van der Waals surface area (Å²) >= 11 is 7.51. The van der Waals surface area contributed by atoms with Crippen molar-refractivity contribution in [3.8, 4) is 0 Å². The van der Waals surface area contributed by atoms with E-state index in [4.69, 9.17) is 17.3 Å². The lowest BCUT2D eigenvalue weighted by atomic mass is 10.2. The highest BCUT2D eigenvalue weighted by Crippen LogP contribution is 2.32. The second-order valence-electron chi connectivity index (χ2n) is 3.63. The Labute approximate surface area is 113 Å². The van der Waals surface area contributed by atoms with E-state index in [1.807, 2.05) is 25.1 Å². The Hall–Kier alpha value is -1.24. The van der Waals surface area contributed by atoms with Crippen molar-refractivity contribution in [2.24, 2.45) is 5.73 Å². The molecule has 18 heavy (non-hydrogen) atoms. The van der Waals surface area contributed by atoms with E-state index in [1.165, 1.54) is 11.8 Å². The lowest BCUT2D eigenvalue weighted by Gasteiger charge is -2.05. The van der Waals surface area contributed by atoms with E-state index in [2.05, 4.69) is 10.2 Å². The van der Waals surface area contributed by atoms with Crippen molar-refractivity contribution < 1.29 is 0 Å². The average Bonchev–Trinajstić information content (AvgIpc) is 2.72. The van der Waals surface area contributed by atoms with Gasteiger partial charge in [0.2, 0.25) is 0 Å². The molecule has 0 aliphatic rings. The number of halogens is 1. The van der Waals surface area contributed by atoms with E-state index in [0.717, 1.165) is 10.5 Å². The third-order valence-electron chi connectivity index (χ3n) is 2.47. The molecule has 7 heteroatoms. The van der Waals surface area contributed by atoms with Crippen LogP contribution in [0.5, 0.6) is 0 Å². The first kappa shape index (κ1) is 13.2. The number of benzene rings is 1. The Balaban J connectivity index is 2.31. The maximum Gasteiger partial charge on any atom is 0.343 e. The highest BCUT2D eigenvalue weighted by molar-refractivity contribution is 7.99. The second kappa shape index (κ2) is 5.60. The fraction of sp³-hybridized carbons (Fsp3) is 0.273. The fourth-order valence-electron chi connectivity index (χ4n) is 1.51. The molecule has 0 fully saturated rings. The molecule has 0 aliphatic carbocycles. The smallest absolute Gasteiger partial charge is 0.326 e. The molecular formula is C11H13ClN4OS. The van der Waals surface area contributed by atoms with Crippen LogP contribution in [0.2, 0.25) is 5.02 Å². The standard InChI is InChI=1S/C11H13ClN4OS/c1-2-16-10(17)14-15-11(16)18-9-4-3-7(6-13)5-8(9)12/h3-5H,2,6,13H2,1H3,(H,14,17). The predicted octanol–water partition coefficient (Wildman–Crippen LogP) is 1.85. The van der Waals surface area contributed by atoms with Crippen LogP contribution in [0.25, 0.3) is 0 Å². The molecule has 0 atom stereocenters. The third-order valence-corrected chi connectivity index (χ3v) is 3.97. The van der Waals surface area contributed by atoms with Crippen LogP contribution in [0.3, 0.4) is 0 Å². The Morgan fingerprint density at radius 1 is 1.56 bits per heavy atom. The highest BCUT2D eigenvalue weighted by atomic mass is 35.5. The first-order chi connectivity index (χ1) is 8.65. The molecule has 0 radical (unpaired) electrons. The molecule has 1 heterocycles. The summed E-state index contributed by atoms with van der Waals surface area (Å²) in [5.41, 5.74) is 6.30. The van der Waals surface area contributed by atoms with Gasteiger partial charge >= 0.3 is 5.69 Å². The van der Waals surface area contributed by atoms with Gasteiger partial charge in [-0.2, -0.15) is 0 Å². The van der Waals surface area contributed by atoms with Crippen LogP contribution in [0.4, 0.5) is 0 Å². The zero-order valence-corrected chi connectivity index (χ0v) is 11.4. The number of hydrogen-bond acceptors (Lipinski definition) is 4. The van der Waals surface area contributed by atoms with E-state index in [0.29, 0.717) is 23.3 Å². The van der Waals surface area contributed by atoms with Crippen LogP contribution in [0, 0.1) is 0 Å². The van der Waals surface area contributed by atoms with E-state index >= 15 is 0 Å². The molecule has 1 aromatic carbocycles. The van der Waals surface area contributed by atoms with E-state index in [-0.39, 0.29) is 5.69 Å². The van der Waals surface area contributed by atoms with Gasteiger partial charge in [0.05, 0.1) is 5.02 Å². The number of nitrogens with zero attached hydrogens (tertiary/aromatic N) is 2. The molecule has 5 nitrogen and oxygen atoms in total. The molecule has 2 rings (SSSR count). The number of H-pyrrole nitrogens is 1. The van der Waals surface area contributed by atoms with Gasteiger partial charge in [-0.3, -0.25) is 4.57 Å². The van der Waals surface area contributed by atoms with Crippen LogP contribution in [-0.2, 0) is 13.1 Å². The Morgan fingerprint density at radius 3 is 2.94 bits per heavy atom. The zero-order chi connectivity index (χ0) is 13.1. The summed E-state index contributed by atoms with van der Waals surface area (Å²) in [6, 6.07) is 5.62. The van der Waals surface area contributed by atoms with Crippen molar-refractivity contribution in [2.45, 2.75) is 30.1 Å². The Bertz CT molecular complexity index is 607. The summed E-state index contributed by atoms with van der Waals surface area (Å²) in [4.78, 5) is 12.3. The zero-order valence-electron chi connectivity index (χ0n) is 9.81. The molecular weight excluding hydrogens is 272 g/mol. The molecule has 1 aromatic heterocycles. The normalized spacial score (nSPS) is 10.8. The quantitative estimate of drug-likeness (QED) is 0.898. The van der Waals surface area contributed by atoms with Crippen molar-refractivity contribution in [2.75, 3.05) is 0 Å². The summed E-state index contributed by atoms with van der Waals surface area (Å²) in [6.07, 6.45) is 0. The van der Waals surface area contributed by atoms with Gasteiger partial charge in [0.25, 0.3) is 0 Å². The number of aromatic amines is 1. The summed E-state index contributed by atoms with van der Waals surface area (Å²) in [5.74, 6) is 0. The first-order valence-electron chi connectivity index (χ1n) is 5.47. The van der Waals surface area contributed by atoms with Crippen molar-refractivity contribution in [1.82, 2.24) is 14.8 Å². The largest absolute Gasteiger partial charge is 0.343 e. The van der Waals surface area contributed by atoms with Gasteiger partial charge < -0.3 is 5.73 Å². The van der Waals surface area contributed by atoms with Gasteiger partial charge in [-0.05, 0) is 36.4 Å². The summed E-state index contributed by atoms with van der Waals surface area (Å²) in [6.45, 7) is 2.91. The topological polar surface area (TPSA) is 76.7 Å². The minimum Gasteiger partial charge on any atom is -0.326 e. The molecule has 2 aromatic rings. The number of nitrogens with two attached hydrogens (primary N) is 1. The van der Waals surface area contributed by atoms with Gasteiger partial charge in [0.1, 0.15) is 0 Å². The van der Waals surface area contributed by atoms with Gasteiger partial charge in [-0.15, -0.1) is 5.10 Å². The first-order valence-corrected chi connectivity index (χ1v) is 6.66.